The van der Waals surface area contributed by atoms with E-state index in [2.05, 4.69) is 34.8 Å². The van der Waals surface area contributed by atoms with Crippen LogP contribution in [0.4, 0.5) is 0 Å². The van der Waals surface area contributed by atoms with E-state index in [9.17, 15) is 4.79 Å². The topological polar surface area (TPSA) is 59.9 Å². The molecule has 0 bridgehead atoms. The lowest BCUT2D eigenvalue weighted by molar-refractivity contribution is 0.0955. The molecule has 0 aliphatic heterocycles. The van der Waals surface area contributed by atoms with Crippen LogP contribution >= 0.6 is 0 Å². The second-order valence-electron chi connectivity index (χ2n) is 7.16. The monoisotopic (exact) mass is 424 g/mol. The highest BCUT2D eigenvalue weighted by molar-refractivity contribution is 5.95. The van der Waals surface area contributed by atoms with Crippen LogP contribution in [0.2, 0.25) is 0 Å². The van der Waals surface area contributed by atoms with E-state index >= 15 is 0 Å². The summed E-state index contributed by atoms with van der Waals surface area (Å²) in [6.45, 7) is 2.97. The van der Waals surface area contributed by atoms with Gasteiger partial charge in [-0.05, 0) is 65.2 Å². The Labute approximate surface area is 187 Å². The van der Waals surface area contributed by atoms with Crippen molar-refractivity contribution in [1.82, 2.24) is 5.43 Å². The zero-order valence-electron chi connectivity index (χ0n) is 17.8. The van der Waals surface area contributed by atoms with Gasteiger partial charge in [-0.15, -0.1) is 0 Å². The molecule has 1 amide bonds. The van der Waals surface area contributed by atoms with Gasteiger partial charge >= 0.3 is 0 Å². The van der Waals surface area contributed by atoms with Crippen LogP contribution in [0, 0.1) is 0 Å². The van der Waals surface area contributed by atoms with Gasteiger partial charge in [0.2, 0.25) is 0 Å². The molecule has 0 radical (unpaired) electrons. The predicted molar refractivity (Wildman–Crippen MR) is 127 cm³/mol. The molecule has 0 unspecified atom stereocenters. The van der Waals surface area contributed by atoms with E-state index in [0.717, 1.165) is 22.6 Å². The Kier molecular flexibility index (Phi) is 6.78. The number of nitrogens with one attached hydrogen (secondary N) is 1. The molecule has 5 nitrogen and oxygen atoms in total. The van der Waals surface area contributed by atoms with Crippen molar-refractivity contribution in [2.75, 3.05) is 6.61 Å². The van der Waals surface area contributed by atoms with Crippen LogP contribution in [0.25, 0.3) is 10.8 Å². The van der Waals surface area contributed by atoms with Gasteiger partial charge in [-0.3, -0.25) is 4.79 Å². The third-order valence-corrected chi connectivity index (χ3v) is 4.94. The molecule has 0 saturated carbocycles. The van der Waals surface area contributed by atoms with E-state index < -0.39 is 0 Å². The number of amides is 1. The van der Waals surface area contributed by atoms with Crippen molar-refractivity contribution >= 4 is 22.9 Å². The Morgan fingerprint density at radius 2 is 1.66 bits per heavy atom. The number of nitrogens with zero attached hydrogens (tertiary/aromatic N) is 1. The Balaban J connectivity index is 1.36. The van der Waals surface area contributed by atoms with Crippen molar-refractivity contribution in [1.29, 1.82) is 0 Å². The smallest absolute Gasteiger partial charge is 0.271 e. The summed E-state index contributed by atoms with van der Waals surface area (Å²) < 4.78 is 11.4. The average molecular weight is 425 g/mol. The molecule has 0 aliphatic carbocycles. The number of hydrogen-bond donors (Lipinski definition) is 1. The number of carbonyl (C=O) groups is 1. The van der Waals surface area contributed by atoms with E-state index in [4.69, 9.17) is 9.47 Å². The second kappa shape index (κ2) is 10.3. The molecule has 0 saturated heterocycles. The van der Waals surface area contributed by atoms with Gasteiger partial charge in [0.15, 0.2) is 0 Å². The maximum atomic E-state index is 12.2. The summed E-state index contributed by atoms with van der Waals surface area (Å²) in [4.78, 5) is 12.2. The van der Waals surface area contributed by atoms with E-state index in [-0.39, 0.29) is 5.91 Å². The van der Waals surface area contributed by atoms with Gasteiger partial charge < -0.3 is 9.47 Å². The highest BCUT2D eigenvalue weighted by Gasteiger charge is 2.05. The van der Waals surface area contributed by atoms with Gasteiger partial charge in [-0.1, -0.05) is 54.6 Å². The van der Waals surface area contributed by atoms with Crippen LogP contribution in [0.5, 0.6) is 11.5 Å². The summed E-state index contributed by atoms with van der Waals surface area (Å²) >= 11 is 0. The zero-order valence-corrected chi connectivity index (χ0v) is 17.8. The lowest BCUT2D eigenvalue weighted by Crippen LogP contribution is -2.17. The summed E-state index contributed by atoms with van der Waals surface area (Å²) in [5.74, 6) is 1.18. The van der Waals surface area contributed by atoms with Crippen molar-refractivity contribution in [3.8, 4) is 11.5 Å². The van der Waals surface area contributed by atoms with E-state index in [1.54, 1.807) is 30.5 Å². The van der Waals surface area contributed by atoms with Gasteiger partial charge in [0.25, 0.3) is 5.91 Å². The Bertz CT molecular complexity index is 1230. The molecule has 4 rings (SSSR count). The molecule has 160 valence electrons. The van der Waals surface area contributed by atoms with Crippen LogP contribution < -0.4 is 14.9 Å². The highest BCUT2D eigenvalue weighted by Crippen LogP contribution is 2.21. The van der Waals surface area contributed by atoms with Crippen LogP contribution in [0.1, 0.15) is 28.4 Å². The van der Waals surface area contributed by atoms with Gasteiger partial charge in [0.05, 0.1) is 12.8 Å². The normalized spacial score (nSPS) is 10.9. The fourth-order valence-corrected chi connectivity index (χ4v) is 3.36. The minimum atomic E-state index is -0.285. The molecule has 4 aromatic rings. The van der Waals surface area contributed by atoms with Crippen LogP contribution in [-0.2, 0) is 6.61 Å². The molecule has 1 N–H and O–H groups in total. The predicted octanol–water partition coefficient (Wildman–Crippen LogP) is 5.58. The van der Waals surface area contributed by atoms with Crippen LogP contribution in [-0.4, -0.2) is 18.7 Å². The van der Waals surface area contributed by atoms with E-state index in [1.807, 2.05) is 49.4 Å². The number of rotatable bonds is 8. The van der Waals surface area contributed by atoms with Crippen molar-refractivity contribution in [2.24, 2.45) is 5.10 Å². The molecule has 32 heavy (non-hydrogen) atoms. The Morgan fingerprint density at radius 1 is 0.875 bits per heavy atom. The molecular formula is C27H24N2O3. The first-order chi connectivity index (χ1) is 15.7. The fourth-order valence-electron chi connectivity index (χ4n) is 3.36. The number of hydrazone groups is 1. The first-order valence-electron chi connectivity index (χ1n) is 10.5. The minimum Gasteiger partial charge on any atom is -0.494 e. The van der Waals surface area contributed by atoms with Crippen LogP contribution in [0.15, 0.2) is 96.1 Å². The summed E-state index contributed by atoms with van der Waals surface area (Å²) in [7, 11) is 0. The lowest BCUT2D eigenvalue weighted by atomic mass is 10.1. The first-order valence-corrected chi connectivity index (χ1v) is 10.5. The first kappa shape index (κ1) is 21.1. The molecule has 0 heterocycles. The molecule has 0 aliphatic rings. The van der Waals surface area contributed by atoms with Crippen molar-refractivity contribution in [3.05, 3.63) is 108 Å². The molecule has 5 heteroatoms. The summed E-state index contributed by atoms with van der Waals surface area (Å²) in [6, 6.07) is 29.0. The lowest BCUT2D eigenvalue weighted by Gasteiger charge is -2.09. The Hall–Kier alpha value is -4.12. The number of ether oxygens (including phenoxy) is 2. The molecule has 0 aromatic heterocycles. The molecule has 4 aromatic carbocycles. The third kappa shape index (κ3) is 5.32. The number of fused-ring (bicyclic) bond motifs is 1. The van der Waals surface area contributed by atoms with Gasteiger partial charge in [0.1, 0.15) is 18.1 Å². The van der Waals surface area contributed by atoms with Crippen molar-refractivity contribution in [2.45, 2.75) is 13.5 Å². The fraction of sp³-hybridized carbons (Fsp3) is 0.111. The molecule has 0 atom stereocenters. The molecular weight excluding hydrogens is 400 g/mol. The van der Waals surface area contributed by atoms with Crippen molar-refractivity contribution in [3.63, 3.8) is 0 Å². The third-order valence-electron chi connectivity index (χ3n) is 4.94. The average Bonchev–Trinajstić information content (AvgIpc) is 2.83. The molecule has 0 spiro atoms. The van der Waals surface area contributed by atoms with Gasteiger partial charge in [-0.2, -0.15) is 5.10 Å². The maximum absolute atomic E-state index is 12.2. The second-order valence-corrected chi connectivity index (χ2v) is 7.16. The Morgan fingerprint density at radius 3 is 2.50 bits per heavy atom. The van der Waals surface area contributed by atoms with Gasteiger partial charge in [0, 0.05) is 5.56 Å². The zero-order chi connectivity index (χ0) is 22.2. The van der Waals surface area contributed by atoms with E-state index in [0.29, 0.717) is 18.8 Å². The summed E-state index contributed by atoms with van der Waals surface area (Å²) in [6.07, 6.45) is 1.59. The molecule has 0 fully saturated rings. The summed E-state index contributed by atoms with van der Waals surface area (Å²) in [5, 5.41) is 6.44. The van der Waals surface area contributed by atoms with Gasteiger partial charge in [-0.25, -0.2) is 5.43 Å². The number of carbonyl (C=O) groups excluding carboxylic acids is 1. The maximum Gasteiger partial charge on any atom is 0.271 e. The SMILES string of the molecule is CCOc1ccc(C(=O)N/N=C\c2cccc(OCc3cccc4ccccc34)c2)cc1. The number of hydrogen-bond acceptors (Lipinski definition) is 4. The quantitative estimate of drug-likeness (QED) is 0.297. The summed E-state index contributed by atoms with van der Waals surface area (Å²) in [5.41, 5.74) is 5.01. The number of benzene rings is 4. The standard InChI is InChI=1S/C27H24N2O3/c1-2-31-24-15-13-22(14-16-24)27(30)29-28-18-20-7-5-11-25(17-20)32-19-23-10-6-9-21-8-3-4-12-26(21)23/h3-18H,2,19H2,1H3,(H,29,30)/b28-18-. The largest absolute Gasteiger partial charge is 0.494 e. The van der Waals surface area contributed by atoms with Crippen molar-refractivity contribution < 1.29 is 14.3 Å². The minimum absolute atomic E-state index is 0.285. The highest BCUT2D eigenvalue weighted by atomic mass is 16.5. The van der Waals surface area contributed by atoms with Crippen LogP contribution in [0.3, 0.4) is 0 Å². The van der Waals surface area contributed by atoms with E-state index in [1.165, 1.54) is 10.8 Å².